The van der Waals surface area contributed by atoms with Gasteiger partial charge in [0.25, 0.3) is 0 Å². The van der Waals surface area contributed by atoms with Crippen LogP contribution < -0.4 is 0 Å². The molecule has 1 saturated heterocycles. The second-order valence-electron chi connectivity index (χ2n) is 5.10. The molecular formula is C15H19NO2S. The second-order valence-corrected chi connectivity index (χ2v) is 6.10. The summed E-state index contributed by atoms with van der Waals surface area (Å²) in [5, 5.41) is 10.9. The molecule has 1 aromatic rings. The quantitative estimate of drug-likeness (QED) is 0.837. The zero-order valence-electron chi connectivity index (χ0n) is 11.0. The van der Waals surface area contributed by atoms with Crippen molar-refractivity contribution in [3.63, 3.8) is 0 Å². The minimum atomic E-state index is -0.0719. The fourth-order valence-electron chi connectivity index (χ4n) is 3.10. The number of hydrogen-bond donors (Lipinski definition) is 1. The summed E-state index contributed by atoms with van der Waals surface area (Å²) in [6, 6.07) is 2.64. The fourth-order valence-corrected chi connectivity index (χ4v) is 3.95. The van der Waals surface area contributed by atoms with E-state index in [4.69, 9.17) is 9.84 Å². The van der Waals surface area contributed by atoms with E-state index >= 15 is 0 Å². The van der Waals surface area contributed by atoms with E-state index in [0.29, 0.717) is 12.1 Å². The molecule has 0 bridgehead atoms. The third-order valence-corrected chi connectivity index (χ3v) is 4.90. The largest absolute Gasteiger partial charge is 0.384 e. The smallest absolute Gasteiger partial charge is 0.104 e. The maximum Gasteiger partial charge on any atom is 0.104 e. The molecule has 0 spiro atoms. The van der Waals surface area contributed by atoms with Gasteiger partial charge in [0.15, 0.2) is 0 Å². The molecule has 2 heterocycles. The molecule has 2 atom stereocenters. The van der Waals surface area contributed by atoms with Gasteiger partial charge in [0.05, 0.1) is 12.7 Å². The maximum atomic E-state index is 8.80. The van der Waals surface area contributed by atoms with Crippen LogP contribution in [0.2, 0.25) is 0 Å². The summed E-state index contributed by atoms with van der Waals surface area (Å²) in [5.74, 6) is 5.79. The van der Waals surface area contributed by atoms with Crippen LogP contribution in [0.4, 0.5) is 0 Å². The summed E-state index contributed by atoms with van der Waals surface area (Å²) in [5.41, 5.74) is 1.07. The molecule has 102 valence electrons. The summed E-state index contributed by atoms with van der Waals surface area (Å²) < 4.78 is 5.85. The molecule has 19 heavy (non-hydrogen) atoms. The highest BCUT2D eigenvalue weighted by Crippen LogP contribution is 2.31. The van der Waals surface area contributed by atoms with Crippen molar-refractivity contribution in [3.05, 3.63) is 21.9 Å². The van der Waals surface area contributed by atoms with Gasteiger partial charge in [-0.15, -0.1) is 11.3 Å². The summed E-state index contributed by atoms with van der Waals surface area (Å²) in [4.78, 5) is 3.87. The average Bonchev–Trinajstić information content (AvgIpc) is 3.05. The Kier molecular flexibility index (Phi) is 4.19. The number of aliphatic hydroxyl groups excluding tert-OH is 1. The van der Waals surface area contributed by atoms with Crippen molar-refractivity contribution in [1.82, 2.24) is 4.90 Å². The van der Waals surface area contributed by atoms with E-state index in [9.17, 15) is 0 Å². The molecular weight excluding hydrogens is 258 g/mol. The Morgan fingerprint density at radius 3 is 3.32 bits per heavy atom. The summed E-state index contributed by atoms with van der Waals surface area (Å²) in [6.07, 6.45) is 4.20. The summed E-state index contributed by atoms with van der Waals surface area (Å²) in [7, 11) is 0. The van der Waals surface area contributed by atoms with Crippen LogP contribution in [0, 0.1) is 11.8 Å². The molecule has 0 amide bonds. The molecule has 4 heteroatoms. The Labute approximate surface area is 118 Å². The van der Waals surface area contributed by atoms with E-state index in [0.717, 1.165) is 25.3 Å². The van der Waals surface area contributed by atoms with E-state index in [1.165, 1.54) is 24.1 Å². The van der Waals surface area contributed by atoms with Crippen molar-refractivity contribution in [2.75, 3.05) is 19.8 Å². The average molecular weight is 277 g/mol. The Balaban J connectivity index is 1.72. The summed E-state index contributed by atoms with van der Waals surface area (Å²) in [6.45, 7) is 2.77. The van der Waals surface area contributed by atoms with Gasteiger partial charge in [-0.2, -0.15) is 0 Å². The van der Waals surface area contributed by atoms with Gasteiger partial charge >= 0.3 is 0 Å². The van der Waals surface area contributed by atoms with Crippen molar-refractivity contribution >= 4 is 11.3 Å². The number of nitrogens with zero attached hydrogens (tertiary/aromatic N) is 1. The van der Waals surface area contributed by atoms with Gasteiger partial charge in [-0.3, -0.25) is 4.90 Å². The van der Waals surface area contributed by atoms with Crippen molar-refractivity contribution in [3.8, 4) is 11.8 Å². The molecule has 2 unspecified atom stereocenters. The Morgan fingerprint density at radius 1 is 1.47 bits per heavy atom. The first-order chi connectivity index (χ1) is 9.38. The fraction of sp³-hybridized carbons (Fsp3) is 0.600. The van der Waals surface area contributed by atoms with Crippen LogP contribution in [0.25, 0.3) is 0 Å². The van der Waals surface area contributed by atoms with E-state index in [-0.39, 0.29) is 6.61 Å². The minimum Gasteiger partial charge on any atom is -0.384 e. The van der Waals surface area contributed by atoms with Gasteiger partial charge in [0.1, 0.15) is 6.61 Å². The summed E-state index contributed by atoms with van der Waals surface area (Å²) >= 11 is 1.76. The second kappa shape index (κ2) is 6.06. The first-order valence-corrected chi connectivity index (χ1v) is 7.78. The van der Waals surface area contributed by atoms with Crippen LogP contribution in [0.3, 0.4) is 0 Å². The SMILES string of the molecule is OCC#Cc1ccsc1CN1CCOC2CCCC21. The Hall–Kier alpha value is -0.860. The van der Waals surface area contributed by atoms with Gasteiger partial charge < -0.3 is 9.84 Å². The third kappa shape index (κ3) is 2.85. The van der Waals surface area contributed by atoms with Crippen molar-refractivity contribution in [1.29, 1.82) is 0 Å². The molecule has 2 aliphatic rings. The topological polar surface area (TPSA) is 32.7 Å². The number of thiophene rings is 1. The van der Waals surface area contributed by atoms with E-state index in [1.54, 1.807) is 11.3 Å². The molecule has 2 fully saturated rings. The van der Waals surface area contributed by atoms with Gasteiger partial charge in [-0.25, -0.2) is 0 Å². The van der Waals surface area contributed by atoms with Crippen molar-refractivity contribution in [2.45, 2.75) is 38.0 Å². The maximum absolute atomic E-state index is 8.80. The molecule has 3 nitrogen and oxygen atoms in total. The first-order valence-electron chi connectivity index (χ1n) is 6.90. The highest BCUT2D eigenvalue weighted by atomic mass is 32.1. The predicted molar refractivity (Wildman–Crippen MR) is 76.1 cm³/mol. The molecule has 0 aromatic carbocycles. The van der Waals surface area contributed by atoms with Crippen molar-refractivity contribution in [2.24, 2.45) is 0 Å². The van der Waals surface area contributed by atoms with Gasteiger partial charge in [-0.05, 0) is 30.7 Å². The van der Waals surface area contributed by atoms with E-state index in [1.807, 2.05) is 0 Å². The van der Waals surface area contributed by atoms with Gasteiger partial charge in [-0.1, -0.05) is 11.8 Å². The zero-order chi connectivity index (χ0) is 13.1. The van der Waals surface area contributed by atoms with Crippen molar-refractivity contribution < 1.29 is 9.84 Å². The normalized spacial score (nSPS) is 26.8. The predicted octanol–water partition coefficient (Wildman–Crippen LogP) is 1.85. The van der Waals surface area contributed by atoms with Crippen LogP contribution in [-0.4, -0.2) is 41.9 Å². The molecule has 1 aromatic heterocycles. The lowest BCUT2D eigenvalue weighted by Crippen LogP contribution is -2.47. The monoisotopic (exact) mass is 277 g/mol. The highest BCUT2D eigenvalue weighted by molar-refractivity contribution is 7.10. The first kappa shape index (κ1) is 13.1. The van der Waals surface area contributed by atoms with Crippen LogP contribution in [-0.2, 0) is 11.3 Å². The van der Waals surface area contributed by atoms with Gasteiger partial charge in [0, 0.05) is 29.6 Å². The van der Waals surface area contributed by atoms with Crippen LogP contribution in [0.15, 0.2) is 11.4 Å². The highest BCUT2D eigenvalue weighted by Gasteiger charge is 2.36. The third-order valence-electron chi connectivity index (χ3n) is 3.99. The minimum absolute atomic E-state index is 0.0719. The molecule has 0 radical (unpaired) electrons. The number of hydrogen-bond acceptors (Lipinski definition) is 4. The lowest BCUT2D eigenvalue weighted by Gasteiger charge is -2.37. The lowest BCUT2D eigenvalue weighted by atomic mass is 10.1. The Morgan fingerprint density at radius 2 is 2.42 bits per heavy atom. The number of ether oxygens (including phenoxy) is 1. The van der Waals surface area contributed by atoms with E-state index in [2.05, 4.69) is 28.2 Å². The molecule has 3 rings (SSSR count). The number of morpholine rings is 1. The van der Waals surface area contributed by atoms with Gasteiger partial charge in [0.2, 0.25) is 0 Å². The number of rotatable bonds is 2. The number of fused-ring (bicyclic) bond motifs is 1. The van der Waals surface area contributed by atoms with Crippen LogP contribution in [0.5, 0.6) is 0 Å². The van der Waals surface area contributed by atoms with Crippen LogP contribution in [0.1, 0.15) is 29.7 Å². The Bertz CT molecular complexity index is 488. The lowest BCUT2D eigenvalue weighted by molar-refractivity contribution is -0.0585. The molecule has 1 aliphatic heterocycles. The van der Waals surface area contributed by atoms with Crippen LogP contribution >= 0.6 is 11.3 Å². The number of aliphatic hydroxyl groups is 1. The zero-order valence-corrected chi connectivity index (χ0v) is 11.8. The standard InChI is InChI=1S/C15H19NO2S/c17-8-2-3-12-6-10-19-15(12)11-16-7-9-18-14-5-1-4-13(14)16/h6,10,13-14,17H,1,4-5,7-9,11H2. The molecule has 1 aliphatic carbocycles. The molecule has 1 saturated carbocycles. The molecule has 1 N–H and O–H groups in total. The van der Waals surface area contributed by atoms with E-state index < -0.39 is 0 Å².